The van der Waals surface area contributed by atoms with E-state index in [-0.39, 0.29) is 12.5 Å². The molecule has 0 spiro atoms. The molecule has 31 heavy (non-hydrogen) atoms. The van der Waals surface area contributed by atoms with E-state index in [1.54, 1.807) is 25.7 Å². The van der Waals surface area contributed by atoms with Gasteiger partial charge in [0.25, 0.3) is 0 Å². The largest absolute Gasteiger partial charge is 0.444 e. The monoisotopic (exact) mass is 432 g/mol. The van der Waals surface area contributed by atoms with Crippen LogP contribution in [-0.2, 0) is 11.2 Å². The molecule has 2 aromatic carbocycles. The number of hydrogen-bond donors (Lipinski definition) is 2. The first-order valence-electron chi connectivity index (χ1n) is 10.5. The quantitative estimate of drug-likeness (QED) is 0.737. The molecule has 3 rings (SSSR count). The fraction of sp³-hybridized carbons (Fsp3) is 0.458. The van der Waals surface area contributed by atoms with E-state index in [9.17, 15) is 18.7 Å². The molecule has 2 aromatic rings. The first kappa shape index (κ1) is 23.2. The Balaban J connectivity index is 1.83. The Morgan fingerprint density at radius 3 is 2.35 bits per heavy atom. The maximum atomic E-state index is 13.5. The van der Waals surface area contributed by atoms with Crippen LogP contribution in [0.4, 0.5) is 13.6 Å². The van der Waals surface area contributed by atoms with E-state index in [0.717, 1.165) is 11.6 Å². The maximum absolute atomic E-state index is 13.5. The number of benzene rings is 2. The van der Waals surface area contributed by atoms with Crippen molar-refractivity contribution in [1.29, 1.82) is 0 Å². The van der Waals surface area contributed by atoms with Crippen molar-refractivity contribution in [2.75, 3.05) is 0 Å². The van der Waals surface area contributed by atoms with Crippen LogP contribution in [0.15, 0.2) is 48.5 Å². The molecule has 1 fully saturated rings. The average Bonchev–Trinajstić information content (AvgIpc) is 3.11. The maximum Gasteiger partial charge on any atom is 0.411 e. The number of amides is 1. The van der Waals surface area contributed by atoms with E-state index in [0.29, 0.717) is 18.4 Å². The SMILES string of the molecule is CC(C)(C)OC(=O)N1C(c2ccccc2)CCC1C(O)C(N)Cc1cc(F)cc(F)c1. The summed E-state index contributed by atoms with van der Waals surface area (Å²) in [5.74, 6) is -1.39. The van der Waals surface area contributed by atoms with Gasteiger partial charge in [-0.1, -0.05) is 30.3 Å². The molecule has 0 aromatic heterocycles. The highest BCUT2D eigenvalue weighted by atomic mass is 19.1. The van der Waals surface area contributed by atoms with Crippen LogP contribution in [0.1, 0.15) is 50.8 Å². The number of likely N-dealkylation sites (tertiary alicyclic amines) is 1. The Hall–Kier alpha value is -2.51. The van der Waals surface area contributed by atoms with Crippen LogP contribution in [0.3, 0.4) is 0 Å². The van der Waals surface area contributed by atoms with Crippen molar-refractivity contribution in [3.05, 3.63) is 71.3 Å². The number of rotatable bonds is 5. The molecule has 1 saturated heterocycles. The van der Waals surface area contributed by atoms with Crippen LogP contribution in [-0.4, -0.2) is 39.9 Å². The Morgan fingerprint density at radius 2 is 1.77 bits per heavy atom. The molecule has 1 aliphatic rings. The Labute approximate surface area is 181 Å². The minimum Gasteiger partial charge on any atom is -0.444 e. The van der Waals surface area contributed by atoms with Crippen LogP contribution >= 0.6 is 0 Å². The van der Waals surface area contributed by atoms with E-state index in [2.05, 4.69) is 0 Å². The van der Waals surface area contributed by atoms with Gasteiger partial charge in [0.2, 0.25) is 0 Å². The average molecular weight is 433 g/mol. The van der Waals surface area contributed by atoms with Gasteiger partial charge in [0.05, 0.1) is 18.2 Å². The van der Waals surface area contributed by atoms with E-state index in [4.69, 9.17) is 10.5 Å². The van der Waals surface area contributed by atoms with Gasteiger partial charge in [0.1, 0.15) is 17.2 Å². The van der Waals surface area contributed by atoms with E-state index in [1.165, 1.54) is 12.1 Å². The number of aliphatic hydroxyl groups excluding tert-OH is 1. The highest BCUT2D eigenvalue weighted by Crippen LogP contribution is 2.39. The summed E-state index contributed by atoms with van der Waals surface area (Å²) in [7, 11) is 0. The van der Waals surface area contributed by atoms with Gasteiger partial charge >= 0.3 is 6.09 Å². The molecule has 0 saturated carbocycles. The summed E-state index contributed by atoms with van der Waals surface area (Å²) in [6, 6.07) is 11.1. The second-order valence-electron chi connectivity index (χ2n) is 9.10. The third-order valence-corrected chi connectivity index (χ3v) is 5.44. The van der Waals surface area contributed by atoms with E-state index in [1.807, 2.05) is 30.3 Å². The van der Waals surface area contributed by atoms with Gasteiger partial charge in [-0.05, 0) is 63.3 Å². The Kier molecular flexibility index (Phi) is 6.96. The van der Waals surface area contributed by atoms with Crippen LogP contribution in [0.5, 0.6) is 0 Å². The lowest BCUT2D eigenvalue weighted by molar-refractivity contribution is -0.00885. The summed E-state index contributed by atoms with van der Waals surface area (Å²) in [4.78, 5) is 14.6. The second kappa shape index (κ2) is 9.32. The summed E-state index contributed by atoms with van der Waals surface area (Å²) in [6.45, 7) is 5.36. The van der Waals surface area contributed by atoms with Crippen LogP contribution < -0.4 is 5.73 Å². The van der Waals surface area contributed by atoms with Crippen molar-refractivity contribution in [1.82, 2.24) is 4.90 Å². The molecule has 4 atom stereocenters. The predicted octanol–water partition coefficient (Wildman–Crippen LogP) is 4.34. The number of aliphatic hydroxyl groups is 1. The van der Waals surface area contributed by atoms with Gasteiger partial charge in [0.15, 0.2) is 0 Å². The highest BCUT2D eigenvalue weighted by Gasteiger charge is 2.44. The number of carbonyl (C=O) groups is 1. The molecular weight excluding hydrogens is 402 g/mol. The molecule has 5 nitrogen and oxygen atoms in total. The van der Waals surface area contributed by atoms with Crippen molar-refractivity contribution >= 4 is 6.09 Å². The van der Waals surface area contributed by atoms with Gasteiger partial charge in [-0.15, -0.1) is 0 Å². The molecule has 0 radical (unpaired) electrons. The van der Waals surface area contributed by atoms with Crippen LogP contribution in [0.2, 0.25) is 0 Å². The van der Waals surface area contributed by atoms with Gasteiger partial charge in [-0.25, -0.2) is 13.6 Å². The topological polar surface area (TPSA) is 75.8 Å². The molecule has 0 bridgehead atoms. The van der Waals surface area contributed by atoms with Crippen molar-refractivity contribution in [2.24, 2.45) is 5.73 Å². The Bertz CT molecular complexity index is 881. The van der Waals surface area contributed by atoms with Crippen LogP contribution in [0, 0.1) is 11.6 Å². The van der Waals surface area contributed by atoms with Crippen molar-refractivity contribution in [2.45, 2.75) is 69.9 Å². The smallest absolute Gasteiger partial charge is 0.411 e. The summed E-state index contributed by atoms with van der Waals surface area (Å²) < 4.78 is 32.7. The minimum atomic E-state index is -1.09. The number of carbonyl (C=O) groups excluding carboxylic acids is 1. The summed E-state index contributed by atoms with van der Waals surface area (Å²) in [5, 5.41) is 11.0. The van der Waals surface area contributed by atoms with Gasteiger partial charge in [0, 0.05) is 12.1 Å². The van der Waals surface area contributed by atoms with Crippen molar-refractivity contribution in [3.8, 4) is 0 Å². The Morgan fingerprint density at radius 1 is 1.16 bits per heavy atom. The van der Waals surface area contributed by atoms with Crippen molar-refractivity contribution < 1.29 is 23.4 Å². The number of ether oxygens (including phenoxy) is 1. The van der Waals surface area contributed by atoms with E-state index >= 15 is 0 Å². The zero-order valence-corrected chi connectivity index (χ0v) is 18.1. The zero-order chi connectivity index (χ0) is 22.8. The number of hydrogen-bond acceptors (Lipinski definition) is 4. The van der Waals surface area contributed by atoms with Gasteiger partial charge < -0.3 is 15.6 Å². The summed E-state index contributed by atoms with van der Waals surface area (Å²) in [5.41, 5.74) is 6.83. The molecule has 0 aliphatic carbocycles. The lowest BCUT2D eigenvalue weighted by Gasteiger charge is -2.36. The molecule has 3 N–H and O–H groups in total. The molecule has 1 heterocycles. The predicted molar refractivity (Wildman–Crippen MR) is 114 cm³/mol. The van der Waals surface area contributed by atoms with Crippen molar-refractivity contribution in [3.63, 3.8) is 0 Å². The first-order chi connectivity index (χ1) is 14.5. The number of nitrogens with zero attached hydrogens (tertiary/aromatic N) is 1. The van der Waals surface area contributed by atoms with E-state index < -0.39 is 41.5 Å². The summed E-state index contributed by atoms with van der Waals surface area (Å²) >= 11 is 0. The number of nitrogens with two attached hydrogens (primary N) is 1. The molecule has 7 heteroatoms. The lowest BCUT2D eigenvalue weighted by Crippen LogP contribution is -2.52. The minimum absolute atomic E-state index is 0.0739. The molecule has 1 amide bonds. The lowest BCUT2D eigenvalue weighted by atomic mass is 9.95. The molecule has 4 unspecified atom stereocenters. The first-order valence-corrected chi connectivity index (χ1v) is 10.5. The molecule has 168 valence electrons. The molecular formula is C24H30F2N2O3. The van der Waals surface area contributed by atoms with Gasteiger partial charge in [-0.3, -0.25) is 4.90 Å². The molecule has 1 aliphatic heterocycles. The third-order valence-electron chi connectivity index (χ3n) is 5.44. The van der Waals surface area contributed by atoms with Gasteiger partial charge in [-0.2, -0.15) is 0 Å². The second-order valence-corrected chi connectivity index (χ2v) is 9.10. The highest BCUT2D eigenvalue weighted by molar-refractivity contribution is 5.70. The normalized spacial score (nSPS) is 21.1. The fourth-order valence-electron chi connectivity index (χ4n) is 4.16. The van der Waals surface area contributed by atoms with Crippen LogP contribution in [0.25, 0.3) is 0 Å². The summed E-state index contributed by atoms with van der Waals surface area (Å²) in [6.07, 6.45) is -0.360. The zero-order valence-electron chi connectivity index (χ0n) is 18.1. The third kappa shape index (κ3) is 5.80. The fourth-order valence-corrected chi connectivity index (χ4v) is 4.16. The number of halogens is 2. The standard InChI is InChI=1S/C24H30F2N2O3/c1-24(2,3)31-23(30)28-20(16-7-5-4-6-8-16)9-10-21(28)22(29)19(27)13-15-11-17(25)14-18(26)12-15/h4-8,11-12,14,19-22,29H,9-10,13,27H2,1-3H3.